The van der Waals surface area contributed by atoms with Gasteiger partial charge in [-0.3, -0.25) is 0 Å². The summed E-state index contributed by atoms with van der Waals surface area (Å²) in [5.74, 6) is 0.00852. The average Bonchev–Trinajstić information content (AvgIpc) is 2.29. The van der Waals surface area contributed by atoms with Crippen LogP contribution in [0.2, 0.25) is 0 Å². The van der Waals surface area contributed by atoms with E-state index in [1.165, 1.54) is 11.8 Å². The largest absolute Gasteiger partial charge is 0.478 e. The van der Waals surface area contributed by atoms with E-state index in [4.69, 9.17) is 10.2 Å². The maximum atomic E-state index is 11.0. The Kier molecular flexibility index (Phi) is 5.44. The van der Waals surface area contributed by atoms with E-state index < -0.39 is 5.97 Å². The van der Waals surface area contributed by atoms with Crippen LogP contribution < -0.4 is 0 Å². The normalized spacial score (nSPS) is 10.8. The van der Waals surface area contributed by atoms with E-state index >= 15 is 0 Å². The van der Waals surface area contributed by atoms with Crippen molar-refractivity contribution in [2.75, 3.05) is 12.4 Å². The van der Waals surface area contributed by atoms with Crippen LogP contribution >= 0.6 is 11.8 Å². The molecule has 0 amide bonds. The molecule has 4 nitrogen and oxygen atoms in total. The van der Waals surface area contributed by atoms with Crippen LogP contribution in [0.25, 0.3) is 0 Å². The van der Waals surface area contributed by atoms with Crippen molar-refractivity contribution in [3.05, 3.63) is 23.4 Å². The molecule has 1 aromatic rings. The lowest BCUT2D eigenvalue weighted by Crippen LogP contribution is -2.02. The Hall–Kier alpha value is -1.07. The zero-order chi connectivity index (χ0) is 12.8. The molecule has 1 rings (SSSR count). The monoisotopic (exact) mass is 255 g/mol. The summed E-state index contributed by atoms with van der Waals surface area (Å²) in [6.07, 6.45) is 0.681. The van der Waals surface area contributed by atoms with E-state index in [0.717, 1.165) is 11.4 Å². The number of hydrogen-bond donors (Lipinski definition) is 2. The summed E-state index contributed by atoms with van der Waals surface area (Å²) in [5.41, 5.74) is 1.06. The van der Waals surface area contributed by atoms with Crippen LogP contribution in [0, 0.1) is 0 Å². The van der Waals surface area contributed by atoms with Gasteiger partial charge in [-0.05, 0) is 24.5 Å². The van der Waals surface area contributed by atoms with Gasteiger partial charge >= 0.3 is 5.97 Å². The highest BCUT2D eigenvalue weighted by Crippen LogP contribution is 2.22. The molecule has 1 aromatic heterocycles. The molecule has 17 heavy (non-hydrogen) atoms. The summed E-state index contributed by atoms with van der Waals surface area (Å²) in [6, 6.07) is 3.19. The highest BCUT2D eigenvalue weighted by atomic mass is 32.2. The number of thioether (sulfide) groups is 1. The lowest BCUT2D eigenvalue weighted by Gasteiger charge is -2.08. The van der Waals surface area contributed by atoms with E-state index in [9.17, 15) is 4.79 Å². The third-order valence-corrected chi connectivity index (χ3v) is 3.21. The molecule has 1 heterocycles. The Balaban J connectivity index is 2.91. The van der Waals surface area contributed by atoms with Crippen LogP contribution in [-0.2, 0) is 0 Å². The maximum Gasteiger partial charge on any atom is 0.335 e. The number of hydrogen-bond acceptors (Lipinski definition) is 4. The van der Waals surface area contributed by atoms with Crippen molar-refractivity contribution in [3.63, 3.8) is 0 Å². The van der Waals surface area contributed by atoms with E-state index in [0.29, 0.717) is 11.4 Å². The fraction of sp³-hybridized carbons (Fsp3) is 0.500. The zero-order valence-corrected chi connectivity index (χ0v) is 10.8. The first-order valence-corrected chi connectivity index (χ1v) is 6.52. The van der Waals surface area contributed by atoms with Gasteiger partial charge in [-0.1, -0.05) is 13.8 Å². The fourth-order valence-corrected chi connectivity index (χ4v) is 2.12. The average molecular weight is 255 g/mol. The minimum Gasteiger partial charge on any atom is -0.478 e. The Labute approximate surface area is 105 Å². The Bertz CT molecular complexity index is 393. The van der Waals surface area contributed by atoms with Gasteiger partial charge in [0.1, 0.15) is 0 Å². The second-order valence-electron chi connectivity index (χ2n) is 4.00. The molecule has 0 saturated heterocycles. The molecule has 0 spiro atoms. The number of pyridine rings is 1. The van der Waals surface area contributed by atoms with Crippen LogP contribution in [-0.4, -0.2) is 33.5 Å². The molecular weight excluding hydrogens is 238 g/mol. The molecule has 0 fully saturated rings. The number of aromatic carboxylic acids is 1. The molecule has 0 unspecified atom stereocenters. The van der Waals surface area contributed by atoms with Crippen molar-refractivity contribution in [1.82, 2.24) is 4.98 Å². The van der Waals surface area contributed by atoms with Crippen molar-refractivity contribution in [2.45, 2.75) is 31.2 Å². The molecule has 0 aromatic carbocycles. The number of aliphatic hydroxyl groups is 1. The van der Waals surface area contributed by atoms with Gasteiger partial charge in [0, 0.05) is 18.1 Å². The van der Waals surface area contributed by atoms with Gasteiger partial charge in [-0.25, -0.2) is 9.78 Å². The molecule has 0 aliphatic heterocycles. The van der Waals surface area contributed by atoms with Crippen LogP contribution in [0.3, 0.4) is 0 Å². The van der Waals surface area contributed by atoms with Crippen LogP contribution in [0.15, 0.2) is 17.2 Å². The van der Waals surface area contributed by atoms with Gasteiger partial charge in [0.05, 0.1) is 10.6 Å². The first kappa shape index (κ1) is 14.0. The summed E-state index contributed by atoms with van der Waals surface area (Å²) in [7, 11) is 0. The number of carboxylic acid groups (broad SMARTS) is 1. The van der Waals surface area contributed by atoms with Crippen molar-refractivity contribution in [3.8, 4) is 0 Å². The van der Waals surface area contributed by atoms with Gasteiger partial charge in [-0.2, -0.15) is 0 Å². The SMILES string of the molecule is CC(C)c1cc(C(=O)O)cc(SCCCO)n1. The quantitative estimate of drug-likeness (QED) is 0.603. The molecular formula is C12H17NO3S. The predicted octanol–water partition coefficient (Wildman–Crippen LogP) is 2.38. The van der Waals surface area contributed by atoms with E-state index in [1.54, 1.807) is 12.1 Å². The van der Waals surface area contributed by atoms with Gasteiger partial charge in [0.15, 0.2) is 0 Å². The molecule has 0 aliphatic carbocycles. The van der Waals surface area contributed by atoms with E-state index in [1.807, 2.05) is 13.8 Å². The molecule has 0 radical (unpaired) electrons. The number of carbonyl (C=O) groups is 1. The van der Waals surface area contributed by atoms with Crippen LogP contribution in [0.5, 0.6) is 0 Å². The standard InChI is InChI=1S/C12H17NO3S/c1-8(2)10-6-9(12(15)16)7-11(13-10)17-5-3-4-14/h6-8,14H,3-5H2,1-2H3,(H,15,16). The number of nitrogens with zero attached hydrogens (tertiary/aromatic N) is 1. The van der Waals surface area contributed by atoms with Gasteiger partial charge in [0.25, 0.3) is 0 Å². The predicted molar refractivity (Wildman–Crippen MR) is 67.7 cm³/mol. The Morgan fingerprint density at radius 2 is 2.18 bits per heavy atom. The first-order chi connectivity index (χ1) is 8.04. The third-order valence-electron chi connectivity index (χ3n) is 2.21. The van der Waals surface area contributed by atoms with Crippen molar-refractivity contribution in [1.29, 1.82) is 0 Å². The van der Waals surface area contributed by atoms with Gasteiger partial charge in [0.2, 0.25) is 0 Å². The second kappa shape index (κ2) is 6.61. The number of aromatic nitrogens is 1. The summed E-state index contributed by atoms with van der Waals surface area (Å²) in [6.45, 7) is 4.11. The Morgan fingerprint density at radius 3 is 2.71 bits per heavy atom. The number of rotatable bonds is 6. The first-order valence-electron chi connectivity index (χ1n) is 5.53. The molecule has 94 valence electrons. The van der Waals surface area contributed by atoms with Gasteiger partial charge < -0.3 is 10.2 Å². The molecule has 0 bridgehead atoms. The maximum absolute atomic E-state index is 11.0. The molecule has 2 N–H and O–H groups in total. The van der Waals surface area contributed by atoms with Crippen molar-refractivity contribution >= 4 is 17.7 Å². The smallest absolute Gasteiger partial charge is 0.335 e. The minimum absolute atomic E-state index is 0.142. The number of aliphatic hydroxyl groups excluding tert-OH is 1. The zero-order valence-electron chi connectivity index (χ0n) is 10.0. The highest BCUT2D eigenvalue weighted by Gasteiger charge is 2.10. The third kappa shape index (κ3) is 4.36. The minimum atomic E-state index is -0.932. The molecule has 0 aliphatic rings. The second-order valence-corrected chi connectivity index (χ2v) is 5.12. The summed E-state index contributed by atoms with van der Waals surface area (Å²) >= 11 is 1.47. The van der Waals surface area contributed by atoms with E-state index in [2.05, 4.69) is 4.98 Å². The fourth-order valence-electron chi connectivity index (χ4n) is 1.26. The summed E-state index contributed by atoms with van der Waals surface area (Å²) in [4.78, 5) is 15.4. The highest BCUT2D eigenvalue weighted by molar-refractivity contribution is 7.99. The summed E-state index contributed by atoms with van der Waals surface area (Å²) in [5, 5.41) is 18.4. The number of carboxylic acids is 1. The van der Waals surface area contributed by atoms with Crippen molar-refractivity contribution < 1.29 is 15.0 Å². The van der Waals surface area contributed by atoms with Crippen LogP contribution in [0.1, 0.15) is 42.2 Å². The van der Waals surface area contributed by atoms with Crippen LogP contribution in [0.4, 0.5) is 0 Å². The summed E-state index contributed by atoms with van der Waals surface area (Å²) < 4.78 is 0. The molecule has 0 atom stereocenters. The Morgan fingerprint density at radius 1 is 1.47 bits per heavy atom. The molecule has 0 saturated carbocycles. The topological polar surface area (TPSA) is 70.4 Å². The van der Waals surface area contributed by atoms with Gasteiger partial charge in [-0.15, -0.1) is 11.8 Å². The van der Waals surface area contributed by atoms with E-state index in [-0.39, 0.29) is 18.1 Å². The molecule has 5 heteroatoms. The lowest BCUT2D eigenvalue weighted by molar-refractivity contribution is 0.0696. The van der Waals surface area contributed by atoms with Crippen molar-refractivity contribution in [2.24, 2.45) is 0 Å². The lowest BCUT2D eigenvalue weighted by atomic mass is 10.1.